The molecule has 0 saturated carbocycles. The summed E-state index contributed by atoms with van der Waals surface area (Å²) in [6, 6.07) is 53.4. The number of carbonyl (C=O) groups is 8. The Morgan fingerprint density at radius 3 is 0.398 bits per heavy atom. The summed E-state index contributed by atoms with van der Waals surface area (Å²) in [5, 5.41) is 74.3. The van der Waals surface area contributed by atoms with Crippen LogP contribution >= 0.6 is 0 Å². The molecule has 0 saturated heterocycles. The van der Waals surface area contributed by atoms with Gasteiger partial charge in [-0.15, -0.1) is 0 Å². The maximum atomic E-state index is 10.4. The molecule has 12 aromatic rings. The van der Waals surface area contributed by atoms with E-state index in [9.17, 15) is 58.8 Å². The average molecular weight is 1740 g/mol. The van der Waals surface area contributed by atoms with Gasteiger partial charge in [0, 0.05) is 99.1 Å². The Balaban J connectivity index is -0.000000139. The molecule has 8 aromatic heterocycles. The number of hydrogen-bond acceptors (Lipinski definition) is 24. The van der Waals surface area contributed by atoms with E-state index in [0.29, 0.717) is 23.0 Å². The Labute approximate surface area is 691 Å². The fraction of sp³-hybridized carbons (Fsp3) is 0.0526. The van der Waals surface area contributed by atoms with Crippen molar-refractivity contribution in [1.82, 2.24) is 39.9 Å². The second-order valence-corrected chi connectivity index (χ2v) is 19.8. The Hall–Kier alpha value is -14.4. The topological polar surface area (TPSA) is 834 Å². The number of aromatic nitrogens is 8. The SMILES string of the molecule is O.O.O.O.O.O.O.O.O=C([O-])COc1ccc(C(=O)O)cc1.O=C([O-])COc1ccc(C(=O)O)cc1.O=C([O-])COc1ccc(C(=O)O)cc1.O=C([O-])COc1ccc(C(=O)O)cc1.[Co+2].[Co+2].[OH3+].[OH3+].[OH3+].[OH3+].c1cc(-c2ccncc2)ccn1.c1cc(-c2ccncc2)ccn1.c1cc(-c2ccncc2)ccn1.c1cc(-c2ccncc2)ccn1. The van der Waals surface area contributed by atoms with Crippen LogP contribution in [0.1, 0.15) is 41.4 Å². The van der Waals surface area contributed by atoms with Crippen molar-refractivity contribution in [2.75, 3.05) is 26.4 Å². The Kier molecular flexibility index (Phi) is 75.5. The summed E-state index contributed by atoms with van der Waals surface area (Å²) in [6.45, 7) is -2.20. The molecular weight excluding hydrogens is 1650 g/mol. The summed E-state index contributed by atoms with van der Waals surface area (Å²) in [6.07, 6.45) is 28.6. The van der Waals surface area contributed by atoms with Gasteiger partial charge in [0.25, 0.3) is 0 Å². The summed E-state index contributed by atoms with van der Waals surface area (Å²) in [7, 11) is 0. The van der Waals surface area contributed by atoms with Gasteiger partial charge in [0.05, 0.1) is 46.1 Å². The number of pyridine rings is 8. The molecule has 0 spiro atoms. The molecule has 0 aliphatic carbocycles. The minimum Gasteiger partial charge on any atom is -0.546 e. The van der Waals surface area contributed by atoms with Gasteiger partial charge in [-0.2, -0.15) is 0 Å². The summed E-state index contributed by atoms with van der Waals surface area (Å²) in [5.74, 6) is -8.32. The van der Waals surface area contributed by atoms with E-state index in [4.69, 9.17) is 39.4 Å². The fourth-order valence-electron chi connectivity index (χ4n) is 7.70. The summed E-state index contributed by atoms with van der Waals surface area (Å²) < 4.78 is 19.0. The maximum absolute atomic E-state index is 10.4. The predicted molar refractivity (Wildman–Crippen MR) is 414 cm³/mol. The van der Waals surface area contributed by atoms with Gasteiger partial charge >= 0.3 is 57.4 Å². The van der Waals surface area contributed by atoms with Crippen molar-refractivity contribution in [3.05, 3.63) is 316 Å². The van der Waals surface area contributed by atoms with Crippen molar-refractivity contribution >= 4 is 47.8 Å². The zero-order valence-corrected chi connectivity index (χ0v) is 63.5. The van der Waals surface area contributed by atoms with Crippen LogP contribution < -0.4 is 39.4 Å². The minimum absolute atomic E-state index is 0. The van der Waals surface area contributed by atoms with E-state index in [2.05, 4.69) is 39.9 Å². The summed E-state index contributed by atoms with van der Waals surface area (Å²) in [5.41, 5.74) is 9.85. The van der Waals surface area contributed by atoms with Crippen molar-refractivity contribution in [1.29, 1.82) is 0 Å². The van der Waals surface area contributed by atoms with Gasteiger partial charge in [-0.05, 0) is 239 Å². The van der Waals surface area contributed by atoms with Gasteiger partial charge in [0.2, 0.25) is 0 Å². The molecular formula is C76H88Co2N8O32+4. The first-order valence-corrected chi connectivity index (χ1v) is 30.1. The number of carbonyl (C=O) groups excluding carboxylic acids is 4. The predicted octanol–water partition coefficient (Wildman–Crippen LogP) is -3.66. The second kappa shape index (κ2) is 71.6. The molecule has 2 radical (unpaired) electrons. The van der Waals surface area contributed by atoms with Crippen LogP contribution in [0.2, 0.25) is 0 Å². The van der Waals surface area contributed by atoms with Gasteiger partial charge in [0.1, 0.15) is 49.4 Å². The van der Waals surface area contributed by atoms with E-state index in [1.807, 2.05) is 97.1 Å². The number of carboxylic acids is 8. The van der Waals surface area contributed by atoms with Crippen LogP contribution in [0.3, 0.4) is 0 Å². The zero-order chi connectivity index (χ0) is 75.1. The molecule has 32 N–H and O–H groups in total. The maximum Gasteiger partial charge on any atom is 2.00 e. The minimum atomic E-state index is -1.33. The monoisotopic (exact) mass is 1740 g/mol. The average Bonchev–Trinajstić information content (AvgIpc) is 0.750. The first kappa shape index (κ1) is 124. The zero-order valence-electron chi connectivity index (χ0n) is 61.4. The Bertz CT molecular complexity index is 3820. The van der Waals surface area contributed by atoms with Crippen molar-refractivity contribution in [2.45, 2.75) is 0 Å². The van der Waals surface area contributed by atoms with Crippen LogP contribution in [0.5, 0.6) is 23.0 Å². The first-order chi connectivity index (χ1) is 50.2. The van der Waals surface area contributed by atoms with Crippen LogP contribution in [0.15, 0.2) is 293 Å². The van der Waals surface area contributed by atoms with Crippen molar-refractivity contribution in [3.8, 4) is 67.5 Å². The van der Waals surface area contributed by atoms with Gasteiger partial charge in [-0.25, -0.2) is 19.2 Å². The number of nitrogens with zero attached hydrogens (tertiary/aromatic N) is 8. The number of hydrogen-bond donors (Lipinski definition) is 4. The van der Waals surface area contributed by atoms with Gasteiger partial charge in [-0.1, -0.05) is 0 Å². The van der Waals surface area contributed by atoms with E-state index in [-0.39, 0.29) is 122 Å². The third-order valence-electron chi connectivity index (χ3n) is 12.6. The first-order valence-electron chi connectivity index (χ1n) is 30.1. The van der Waals surface area contributed by atoms with Crippen molar-refractivity contribution in [3.63, 3.8) is 0 Å². The molecule has 0 aliphatic heterocycles. The van der Waals surface area contributed by atoms with E-state index < -0.39 is 74.2 Å². The number of aromatic carboxylic acids is 4. The van der Waals surface area contributed by atoms with E-state index in [0.717, 1.165) is 0 Å². The molecule has 638 valence electrons. The summed E-state index contributed by atoms with van der Waals surface area (Å²) >= 11 is 0. The fourth-order valence-corrected chi connectivity index (χ4v) is 7.70. The van der Waals surface area contributed by atoms with Crippen LogP contribution in [0, 0.1) is 0 Å². The van der Waals surface area contributed by atoms with Gasteiger partial charge in [0.15, 0.2) is 0 Å². The molecule has 4 aromatic carbocycles. The quantitative estimate of drug-likeness (QED) is 0.0534. The third kappa shape index (κ3) is 51.3. The Morgan fingerprint density at radius 2 is 0.314 bits per heavy atom. The molecule has 0 bridgehead atoms. The molecule has 8 heterocycles. The van der Waals surface area contributed by atoms with E-state index in [1.54, 1.807) is 99.1 Å². The smallest absolute Gasteiger partial charge is 0.546 e. The van der Waals surface area contributed by atoms with E-state index in [1.165, 1.54) is 142 Å². The number of aliphatic carboxylic acids is 4. The van der Waals surface area contributed by atoms with Crippen LogP contribution in [-0.4, -0.2) is 178 Å². The molecule has 0 atom stereocenters. The molecule has 0 fully saturated rings. The van der Waals surface area contributed by atoms with Crippen molar-refractivity contribution in [2.24, 2.45) is 0 Å². The standard InChI is InChI=1S/4C10H8N2.4C9H8O5.2Co.12H2O/c4*1-5-11-6-2-9(1)10-3-7-12-8-4-10;4*10-8(11)5-14-7-3-1-6(2-4-7)9(12)13;;;;;;;;;;;;;;/h4*1-8H;4*1-4H,5H2,(H,10,11)(H,12,13);;;12*1H2/q;;;;;;;;2*+2;;;;;;;;;;;;. The normalized spacial score (nSPS) is 8.41. The van der Waals surface area contributed by atoms with Crippen LogP contribution in [0.4, 0.5) is 0 Å². The number of rotatable bonds is 20. The van der Waals surface area contributed by atoms with E-state index >= 15 is 0 Å². The van der Waals surface area contributed by atoms with Gasteiger partial charge in [-0.3, -0.25) is 39.9 Å². The van der Waals surface area contributed by atoms with Crippen LogP contribution in [0.25, 0.3) is 44.5 Å². The molecule has 42 heteroatoms. The molecule has 40 nitrogen and oxygen atoms in total. The summed E-state index contributed by atoms with van der Waals surface area (Å²) in [4.78, 5) is 113. The number of carboxylic acid groups (broad SMARTS) is 8. The second-order valence-electron chi connectivity index (χ2n) is 19.8. The van der Waals surface area contributed by atoms with Crippen LogP contribution in [-0.2, 0) is 74.6 Å². The Morgan fingerprint density at radius 1 is 0.212 bits per heavy atom. The number of ether oxygens (including phenoxy) is 4. The molecule has 118 heavy (non-hydrogen) atoms. The molecule has 12 rings (SSSR count). The van der Waals surface area contributed by atoms with Crippen molar-refractivity contribution < 1.29 is 197 Å². The molecule has 0 unspecified atom stereocenters. The molecule has 0 aliphatic rings. The number of benzene rings is 4. The van der Waals surface area contributed by atoms with Gasteiger partial charge < -0.3 is 145 Å². The largest absolute Gasteiger partial charge is 2.00 e. The molecule has 0 amide bonds. The third-order valence-corrected chi connectivity index (χ3v) is 12.6.